The van der Waals surface area contributed by atoms with Gasteiger partial charge < -0.3 is 84.7 Å². The quantitative estimate of drug-likeness (QED) is 0.0281. The Balaban J connectivity index is 1.77. The highest BCUT2D eigenvalue weighted by atomic mass is 32.2. The van der Waals surface area contributed by atoms with Crippen LogP contribution in [0.3, 0.4) is 0 Å². The molecule has 0 unspecified atom stereocenters. The second-order valence-corrected chi connectivity index (χ2v) is 21.9. The van der Waals surface area contributed by atoms with Gasteiger partial charge in [0.25, 0.3) is 0 Å². The van der Waals surface area contributed by atoms with E-state index < -0.39 is 151 Å². The summed E-state index contributed by atoms with van der Waals surface area (Å²) in [5, 5.41) is 61.1. The summed E-state index contributed by atoms with van der Waals surface area (Å²) in [5.41, 5.74) is 13.3. The number of rotatable bonds is 39. The molecule has 0 bridgehead atoms. The van der Waals surface area contributed by atoms with Crippen LogP contribution in [0.1, 0.15) is 95.9 Å². The van der Waals surface area contributed by atoms with E-state index in [2.05, 4.69) is 57.8 Å². The number of unbranched alkanes of at least 4 members (excludes halogenated alkanes) is 1. The van der Waals surface area contributed by atoms with Gasteiger partial charge in [-0.15, -0.1) is 0 Å². The minimum atomic E-state index is -1.90. The first-order valence-corrected chi connectivity index (χ1v) is 29.2. The number of carbonyl (C=O) groups excluding carboxylic acids is 9. The lowest BCUT2D eigenvalue weighted by molar-refractivity contribution is -0.142. The Labute approximate surface area is 501 Å². The van der Waals surface area contributed by atoms with Crippen molar-refractivity contribution in [2.45, 2.75) is 159 Å². The number of phenols is 1. The third-order valence-electron chi connectivity index (χ3n) is 13.2. The molecular formula is C56H81N13O16S. The molecule has 3 rings (SSSR count). The Morgan fingerprint density at radius 2 is 1.02 bits per heavy atom. The number of hydrogen-bond donors (Lipinski definition) is 16. The highest BCUT2D eigenvalue weighted by Gasteiger charge is 2.36. The molecule has 29 nitrogen and oxygen atoms in total. The summed E-state index contributed by atoms with van der Waals surface area (Å²) in [6, 6.07) is 0.113. The first kappa shape index (κ1) is 71.6. The molecule has 0 spiro atoms. The van der Waals surface area contributed by atoms with Gasteiger partial charge >= 0.3 is 17.9 Å². The standard InChI is InChI=1S/C56H81N13O16S/c1-30(2)23-41(53(81)67-42(25-34-14-16-36(70)17-15-34)54(82)65-40(56(84)85)13-9-10-21-57)66-48(76)32(4)61-50(78)38(18-19-45(71)72)63-47(75)31(3)62-52(80)44(27-46(73)74)69-55(83)43(26-35-28-59-29-60-35)68-51(79)39(20-22-86-5)64-49(77)37(58)24-33-11-7-6-8-12-33/h6-8,11-12,14-17,28-32,37-44,70H,9-10,13,18-27,57-58H2,1-5H3,(H,59,60)(H,61,78)(H,62,80)(H,63,75)(H,64,77)(H,65,82)(H,66,76)(H,67,81)(H,68,79)(H,69,83)(H,71,72)(H,73,74)(H,84,85)/t31-,32-,37-,38-,39-,40-,41-,42-,43-,44-/m0/s1. The van der Waals surface area contributed by atoms with Crippen molar-refractivity contribution in [1.29, 1.82) is 0 Å². The summed E-state index contributed by atoms with van der Waals surface area (Å²) in [7, 11) is 0. The summed E-state index contributed by atoms with van der Waals surface area (Å²) < 4.78 is 0. The van der Waals surface area contributed by atoms with E-state index in [0.717, 1.165) is 12.5 Å². The first-order chi connectivity index (χ1) is 40.7. The van der Waals surface area contributed by atoms with E-state index in [1.54, 1.807) is 50.4 Å². The van der Waals surface area contributed by atoms with E-state index in [-0.39, 0.29) is 55.9 Å². The number of aromatic hydroxyl groups is 1. The minimum absolute atomic E-state index is 0.00526. The number of carboxylic acid groups (broad SMARTS) is 3. The van der Waals surface area contributed by atoms with Crippen LogP contribution >= 0.6 is 11.8 Å². The lowest BCUT2D eigenvalue weighted by Gasteiger charge is -2.27. The van der Waals surface area contributed by atoms with Crippen LogP contribution in [0.4, 0.5) is 0 Å². The van der Waals surface area contributed by atoms with Crippen molar-refractivity contribution < 1.29 is 78.0 Å². The highest BCUT2D eigenvalue weighted by Crippen LogP contribution is 2.15. The number of thioether (sulfide) groups is 1. The maximum atomic E-state index is 14.0. The summed E-state index contributed by atoms with van der Waals surface area (Å²) in [6.45, 7) is 6.13. The van der Waals surface area contributed by atoms with E-state index in [1.807, 2.05) is 0 Å². The van der Waals surface area contributed by atoms with Gasteiger partial charge in [-0.3, -0.25) is 52.7 Å². The summed E-state index contributed by atoms with van der Waals surface area (Å²) >= 11 is 1.38. The Morgan fingerprint density at radius 1 is 0.535 bits per heavy atom. The molecule has 0 saturated carbocycles. The summed E-state index contributed by atoms with van der Waals surface area (Å²) in [5.74, 6) is -12.8. The van der Waals surface area contributed by atoms with E-state index >= 15 is 0 Å². The number of hydrogen-bond acceptors (Lipinski definition) is 17. The van der Waals surface area contributed by atoms with Crippen molar-refractivity contribution in [3.8, 4) is 5.75 Å². The number of carboxylic acids is 3. The van der Waals surface area contributed by atoms with Gasteiger partial charge in [-0.05, 0) is 107 Å². The fourth-order valence-electron chi connectivity index (χ4n) is 8.46. The number of phenolic OH excluding ortho intramolecular Hbond substituents is 1. The van der Waals surface area contributed by atoms with Crippen molar-refractivity contribution in [2.24, 2.45) is 17.4 Å². The molecule has 0 radical (unpaired) electrons. The molecule has 0 fully saturated rings. The zero-order chi connectivity index (χ0) is 64.0. The SMILES string of the molecule is CSCC[C@H](NC(=O)[C@@H](N)Cc1ccccc1)C(=O)N[C@@H](Cc1c[nH]cn1)C(=O)N[C@@H](CC(=O)O)C(=O)N[C@@H](C)C(=O)N[C@@H](CCC(=O)O)C(=O)N[C@@H](C)C(=O)N[C@@H](CC(C)C)C(=O)N[C@@H](Cc1ccc(O)cc1)C(=O)N[C@@H](CCCCN)C(=O)O. The van der Waals surface area contributed by atoms with Gasteiger partial charge in [-0.25, -0.2) is 9.78 Å². The number of aromatic amines is 1. The van der Waals surface area contributed by atoms with Crippen molar-refractivity contribution in [3.05, 3.63) is 83.9 Å². The number of nitrogens with two attached hydrogens (primary N) is 2. The molecule has 18 N–H and O–H groups in total. The molecule has 1 aromatic heterocycles. The maximum absolute atomic E-state index is 14.0. The molecule has 0 saturated heterocycles. The highest BCUT2D eigenvalue weighted by molar-refractivity contribution is 7.98. The van der Waals surface area contributed by atoms with Gasteiger partial charge in [0.05, 0.1) is 24.5 Å². The first-order valence-electron chi connectivity index (χ1n) is 27.8. The van der Waals surface area contributed by atoms with Gasteiger partial charge in [-0.2, -0.15) is 11.8 Å². The van der Waals surface area contributed by atoms with Crippen LogP contribution in [-0.2, 0) is 76.8 Å². The third-order valence-corrected chi connectivity index (χ3v) is 13.8. The van der Waals surface area contributed by atoms with E-state index in [1.165, 1.54) is 55.5 Å². The lowest BCUT2D eigenvalue weighted by Crippen LogP contribution is -2.60. The zero-order valence-electron chi connectivity index (χ0n) is 48.6. The fourth-order valence-corrected chi connectivity index (χ4v) is 8.93. The maximum Gasteiger partial charge on any atom is 0.326 e. The second-order valence-electron chi connectivity index (χ2n) is 20.9. The summed E-state index contributed by atoms with van der Waals surface area (Å²) in [6.07, 6.45) is 2.93. The molecule has 0 aliphatic heterocycles. The van der Waals surface area contributed by atoms with Gasteiger partial charge in [0, 0.05) is 25.5 Å². The van der Waals surface area contributed by atoms with E-state index in [0.29, 0.717) is 30.7 Å². The van der Waals surface area contributed by atoms with Crippen LogP contribution in [0.15, 0.2) is 67.1 Å². The molecule has 9 amide bonds. The van der Waals surface area contributed by atoms with Gasteiger partial charge in [0.15, 0.2) is 0 Å². The molecule has 0 aliphatic rings. The van der Waals surface area contributed by atoms with Gasteiger partial charge in [0.2, 0.25) is 53.2 Å². The number of nitrogens with one attached hydrogen (secondary N) is 10. The van der Waals surface area contributed by atoms with Crippen LogP contribution < -0.4 is 59.3 Å². The number of amides is 9. The third kappa shape index (κ3) is 26.1. The van der Waals surface area contributed by atoms with E-state index in [9.17, 15) is 78.0 Å². The normalized spacial score (nSPS) is 14.6. The number of benzene rings is 2. The lowest BCUT2D eigenvalue weighted by atomic mass is 10.00. The Hall–Kier alpha value is -8.64. The molecule has 86 heavy (non-hydrogen) atoms. The van der Waals surface area contributed by atoms with Crippen LogP contribution in [0.25, 0.3) is 0 Å². The largest absolute Gasteiger partial charge is 0.508 e. The van der Waals surface area contributed by atoms with Crippen LogP contribution in [-0.4, -0.2) is 180 Å². The molecule has 472 valence electrons. The number of nitrogens with zero attached hydrogens (tertiary/aromatic N) is 1. The molecule has 2 aromatic carbocycles. The molecule has 3 aromatic rings. The molecular weight excluding hydrogens is 1140 g/mol. The minimum Gasteiger partial charge on any atom is -0.508 e. The number of aromatic nitrogens is 2. The second kappa shape index (κ2) is 36.9. The number of carbonyl (C=O) groups is 12. The van der Waals surface area contributed by atoms with Gasteiger partial charge in [0.1, 0.15) is 60.1 Å². The monoisotopic (exact) mass is 1220 g/mol. The predicted molar refractivity (Wildman–Crippen MR) is 313 cm³/mol. The van der Waals surface area contributed by atoms with Crippen LogP contribution in [0.5, 0.6) is 5.75 Å². The van der Waals surface area contributed by atoms with E-state index in [4.69, 9.17) is 11.5 Å². The summed E-state index contributed by atoms with van der Waals surface area (Å²) in [4.78, 5) is 167. The Morgan fingerprint density at radius 3 is 1.56 bits per heavy atom. The fraction of sp³-hybridized carbons (Fsp3) is 0.518. The molecule has 0 aliphatic carbocycles. The zero-order valence-corrected chi connectivity index (χ0v) is 49.4. The topological polar surface area (TPSA) is 475 Å². The smallest absolute Gasteiger partial charge is 0.326 e. The van der Waals surface area contributed by atoms with Crippen LogP contribution in [0.2, 0.25) is 0 Å². The van der Waals surface area contributed by atoms with Gasteiger partial charge in [-0.1, -0.05) is 56.3 Å². The average Bonchev–Trinajstić information content (AvgIpc) is 4.14. The van der Waals surface area contributed by atoms with Crippen LogP contribution in [0, 0.1) is 5.92 Å². The molecule has 10 atom stereocenters. The van der Waals surface area contributed by atoms with Crippen molar-refractivity contribution in [1.82, 2.24) is 57.8 Å². The molecule has 1 heterocycles. The number of imidazole rings is 1. The Kier molecular flexibility index (Phi) is 30.8. The average molecular weight is 1220 g/mol. The van der Waals surface area contributed by atoms with Crippen molar-refractivity contribution in [3.63, 3.8) is 0 Å². The Bertz CT molecular complexity index is 2760. The van der Waals surface area contributed by atoms with Crippen molar-refractivity contribution in [2.75, 3.05) is 18.6 Å². The number of aliphatic carboxylic acids is 3. The number of H-pyrrole nitrogens is 1. The predicted octanol–water partition coefficient (Wildman–Crippen LogP) is -1.77. The molecule has 30 heteroatoms. The van der Waals surface area contributed by atoms with Crippen molar-refractivity contribution >= 4 is 82.8 Å².